The highest BCUT2D eigenvalue weighted by Gasteiger charge is 2.40. The molecule has 174 valence electrons. The van der Waals surface area contributed by atoms with E-state index in [2.05, 4.69) is 20.4 Å². The smallest absolute Gasteiger partial charge is 0.381 e. The van der Waals surface area contributed by atoms with Crippen molar-refractivity contribution in [3.63, 3.8) is 0 Å². The SMILES string of the molecule is Cc1ccc(C2=NOC(C)(C)C2=O)cc1-c1cnc(NC(=O)c2ccc(C(F)(F)F)cc2)cn1. The van der Waals surface area contributed by atoms with Crippen LogP contribution in [0.15, 0.2) is 60.0 Å². The molecular weight excluding hydrogens is 449 g/mol. The van der Waals surface area contributed by atoms with Crippen molar-refractivity contribution in [1.82, 2.24) is 9.97 Å². The lowest BCUT2D eigenvalue weighted by Crippen LogP contribution is -2.33. The van der Waals surface area contributed by atoms with E-state index in [-0.39, 0.29) is 22.9 Å². The van der Waals surface area contributed by atoms with Gasteiger partial charge in [-0.15, -0.1) is 0 Å². The minimum absolute atomic E-state index is 0.0505. The summed E-state index contributed by atoms with van der Waals surface area (Å²) in [7, 11) is 0. The first-order valence-electron chi connectivity index (χ1n) is 10.2. The number of nitrogens with one attached hydrogen (secondary N) is 1. The summed E-state index contributed by atoms with van der Waals surface area (Å²) in [6.45, 7) is 5.16. The Morgan fingerprint density at radius 1 is 1.03 bits per heavy atom. The van der Waals surface area contributed by atoms with Gasteiger partial charge in [-0.3, -0.25) is 14.6 Å². The van der Waals surface area contributed by atoms with Gasteiger partial charge in [0.2, 0.25) is 5.78 Å². The van der Waals surface area contributed by atoms with Gasteiger partial charge in [-0.2, -0.15) is 13.2 Å². The predicted octanol–water partition coefficient (Wildman–Crippen LogP) is 4.81. The monoisotopic (exact) mass is 468 g/mol. The number of amides is 1. The molecule has 1 aromatic heterocycles. The van der Waals surface area contributed by atoms with Crippen LogP contribution in [0.2, 0.25) is 0 Å². The van der Waals surface area contributed by atoms with Crippen LogP contribution >= 0.6 is 0 Å². The van der Waals surface area contributed by atoms with Gasteiger partial charge in [0.05, 0.1) is 23.7 Å². The third-order valence-electron chi connectivity index (χ3n) is 5.28. The number of hydrogen-bond donors (Lipinski definition) is 1. The van der Waals surface area contributed by atoms with Crippen molar-refractivity contribution in [3.05, 3.63) is 77.1 Å². The van der Waals surface area contributed by atoms with E-state index in [1.54, 1.807) is 26.0 Å². The highest BCUT2D eigenvalue weighted by atomic mass is 19.4. The maximum atomic E-state index is 12.7. The largest absolute Gasteiger partial charge is 0.416 e. The van der Waals surface area contributed by atoms with Crippen molar-refractivity contribution in [2.75, 3.05) is 5.32 Å². The highest BCUT2D eigenvalue weighted by molar-refractivity contribution is 6.49. The molecule has 1 aliphatic heterocycles. The third kappa shape index (κ3) is 4.52. The Balaban J connectivity index is 1.52. The van der Waals surface area contributed by atoms with E-state index in [1.807, 2.05) is 13.0 Å². The van der Waals surface area contributed by atoms with Gasteiger partial charge in [-0.1, -0.05) is 17.3 Å². The molecule has 7 nitrogen and oxygen atoms in total. The van der Waals surface area contributed by atoms with Crippen molar-refractivity contribution in [2.24, 2.45) is 5.16 Å². The number of rotatable bonds is 4. The summed E-state index contributed by atoms with van der Waals surface area (Å²) in [5.41, 5.74) is 1.08. The van der Waals surface area contributed by atoms with Crippen molar-refractivity contribution in [2.45, 2.75) is 32.5 Å². The number of alkyl halides is 3. The second-order valence-corrected chi connectivity index (χ2v) is 8.22. The van der Waals surface area contributed by atoms with Gasteiger partial charge < -0.3 is 10.2 Å². The topological polar surface area (TPSA) is 93.5 Å². The summed E-state index contributed by atoms with van der Waals surface area (Å²) < 4.78 is 38.1. The van der Waals surface area contributed by atoms with Crippen LogP contribution in [0.5, 0.6) is 0 Å². The Morgan fingerprint density at radius 2 is 1.74 bits per heavy atom. The first kappa shape index (κ1) is 23.1. The van der Waals surface area contributed by atoms with Gasteiger partial charge >= 0.3 is 6.18 Å². The zero-order valence-corrected chi connectivity index (χ0v) is 18.4. The molecule has 0 saturated heterocycles. The molecule has 3 aromatic rings. The Bertz CT molecular complexity index is 1300. The third-order valence-corrected chi connectivity index (χ3v) is 5.28. The Kier molecular flexibility index (Phi) is 5.68. The number of anilines is 1. The van der Waals surface area contributed by atoms with Crippen LogP contribution in [0, 0.1) is 6.92 Å². The van der Waals surface area contributed by atoms with Gasteiger partial charge in [0.15, 0.2) is 17.1 Å². The molecule has 0 atom stereocenters. The molecule has 0 radical (unpaired) electrons. The number of benzene rings is 2. The number of oxime groups is 1. The van der Waals surface area contributed by atoms with Crippen LogP contribution in [0.4, 0.5) is 19.0 Å². The Morgan fingerprint density at radius 3 is 2.29 bits per heavy atom. The number of nitrogens with zero attached hydrogens (tertiary/aromatic N) is 3. The summed E-state index contributed by atoms with van der Waals surface area (Å²) in [4.78, 5) is 38.6. The van der Waals surface area contributed by atoms with Gasteiger partial charge in [0.25, 0.3) is 5.91 Å². The molecule has 0 fully saturated rings. The molecule has 0 spiro atoms. The first-order valence-corrected chi connectivity index (χ1v) is 10.2. The number of carbonyl (C=O) groups is 2. The quantitative estimate of drug-likeness (QED) is 0.594. The maximum absolute atomic E-state index is 12.7. The molecule has 1 amide bonds. The molecule has 1 aliphatic rings. The van der Waals surface area contributed by atoms with Crippen LogP contribution in [0.25, 0.3) is 11.3 Å². The van der Waals surface area contributed by atoms with Gasteiger partial charge in [-0.05, 0) is 56.7 Å². The van der Waals surface area contributed by atoms with E-state index in [9.17, 15) is 22.8 Å². The summed E-state index contributed by atoms with van der Waals surface area (Å²) in [5, 5.41) is 6.43. The molecular formula is C24H19F3N4O3. The lowest BCUT2D eigenvalue weighted by atomic mass is 9.93. The fourth-order valence-electron chi connectivity index (χ4n) is 3.29. The van der Waals surface area contributed by atoms with Crippen LogP contribution in [0.1, 0.15) is 40.9 Å². The standard InChI is InChI=1S/C24H19F3N4O3/c1-13-4-5-15(20-21(32)23(2,3)34-31-20)10-17(13)18-11-29-19(12-28-18)30-22(33)14-6-8-16(9-7-14)24(25,26)27/h4-12H,1-3H3,(H,29,30,33). The van der Waals surface area contributed by atoms with E-state index in [0.29, 0.717) is 16.8 Å². The minimum Gasteiger partial charge on any atom is -0.381 e. The average Bonchev–Trinajstić information content (AvgIpc) is 3.07. The summed E-state index contributed by atoms with van der Waals surface area (Å²) in [6, 6.07) is 9.22. The van der Waals surface area contributed by atoms with E-state index < -0.39 is 23.2 Å². The van der Waals surface area contributed by atoms with Crippen molar-refractivity contribution < 1.29 is 27.6 Å². The van der Waals surface area contributed by atoms with E-state index in [0.717, 1.165) is 29.8 Å². The first-order chi connectivity index (χ1) is 16.0. The number of carbonyl (C=O) groups excluding carboxylic acids is 2. The van der Waals surface area contributed by atoms with Crippen LogP contribution in [-0.4, -0.2) is 33.0 Å². The number of halogens is 3. The normalized spacial score (nSPS) is 15.0. The number of Topliss-reactive ketones (excluding diaryl/α,β-unsaturated/α-hetero) is 1. The molecule has 0 bridgehead atoms. The van der Waals surface area contributed by atoms with E-state index in [4.69, 9.17) is 4.84 Å². The van der Waals surface area contributed by atoms with Gasteiger partial charge in [-0.25, -0.2) is 4.98 Å². The number of ketones is 1. The maximum Gasteiger partial charge on any atom is 0.416 e. The lowest BCUT2D eigenvalue weighted by molar-refractivity contribution is -0.137. The zero-order valence-electron chi connectivity index (χ0n) is 18.4. The van der Waals surface area contributed by atoms with Crippen molar-refractivity contribution in [3.8, 4) is 11.3 Å². The number of aryl methyl sites for hydroxylation is 1. The lowest BCUT2D eigenvalue weighted by Gasteiger charge is -2.12. The zero-order chi connectivity index (χ0) is 24.7. The summed E-state index contributed by atoms with van der Waals surface area (Å²) in [6.07, 6.45) is -1.69. The average molecular weight is 468 g/mol. The van der Waals surface area contributed by atoms with Crippen LogP contribution in [0.3, 0.4) is 0 Å². The molecule has 4 rings (SSSR count). The number of hydrogen-bond acceptors (Lipinski definition) is 6. The molecule has 0 saturated carbocycles. The Hall–Kier alpha value is -4.08. The number of aromatic nitrogens is 2. The molecule has 2 heterocycles. The second-order valence-electron chi connectivity index (χ2n) is 8.22. The van der Waals surface area contributed by atoms with Crippen LogP contribution < -0.4 is 5.32 Å². The fraction of sp³-hybridized carbons (Fsp3) is 0.208. The molecule has 34 heavy (non-hydrogen) atoms. The molecule has 2 aromatic carbocycles. The van der Waals surface area contributed by atoms with Gasteiger partial charge in [0, 0.05) is 16.7 Å². The molecule has 10 heteroatoms. The molecule has 0 unspecified atom stereocenters. The Labute approximate surface area is 192 Å². The summed E-state index contributed by atoms with van der Waals surface area (Å²) >= 11 is 0. The van der Waals surface area contributed by atoms with E-state index >= 15 is 0 Å². The fourth-order valence-corrected chi connectivity index (χ4v) is 3.29. The van der Waals surface area contributed by atoms with Crippen molar-refractivity contribution in [1.29, 1.82) is 0 Å². The molecule has 0 aliphatic carbocycles. The second kappa shape index (κ2) is 8.36. The van der Waals surface area contributed by atoms with Gasteiger partial charge in [0.1, 0.15) is 0 Å². The van der Waals surface area contributed by atoms with Crippen molar-refractivity contribution >= 4 is 23.2 Å². The predicted molar refractivity (Wildman–Crippen MR) is 118 cm³/mol. The molecule has 1 N–H and O–H groups in total. The van der Waals surface area contributed by atoms with Crippen LogP contribution in [-0.2, 0) is 15.8 Å². The highest BCUT2D eigenvalue weighted by Crippen LogP contribution is 2.30. The van der Waals surface area contributed by atoms with E-state index in [1.165, 1.54) is 12.4 Å². The minimum atomic E-state index is -4.48. The summed E-state index contributed by atoms with van der Waals surface area (Å²) in [5.74, 6) is -0.711.